The van der Waals surface area contributed by atoms with Crippen molar-refractivity contribution >= 4 is 17.9 Å². The molecule has 6 heteroatoms. The van der Waals surface area contributed by atoms with E-state index in [-0.39, 0.29) is 11.7 Å². The largest absolute Gasteiger partial charge is 0.489 e. The summed E-state index contributed by atoms with van der Waals surface area (Å²) in [6.07, 6.45) is 2.90. The predicted octanol–water partition coefficient (Wildman–Crippen LogP) is 4.28. The van der Waals surface area contributed by atoms with Crippen LogP contribution < -0.4 is 10.5 Å². The fourth-order valence-electron chi connectivity index (χ4n) is 2.37. The van der Waals surface area contributed by atoms with E-state index in [4.69, 9.17) is 15.3 Å². The third-order valence-electron chi connectivity index (χ3n) is 3.91. The van der Waals surface area contributed by atoms with Crippen LogP contribution in [0.5, 0.6) is 5.75 Å². The van der Waals surface area contributed by atoms with Crippen LogP contribution in [0.2, 0.25) is 0 Å². The molecular weight excluding hydrogens is 371 g/mol. The zero-order valence-electron chi connectivity index (χ0n) is 15.5. The number of hydrogen-bond donors (Lipinski definition) is 1. The second-order valence-electron chi connectivity index (χ2n) is 6.07. The second kappa shape index (κ2) is 9.85. The van der Waals surface area contributed by atoms with Crippen LogP contribution in [0.25, 0.3) is 6.08 Å². The summed E-state index contributed by atoms with van der Waals surface area (Å²) < 4.78 is 18.5. The van der Waals surface area contributed by atoms with Crippen molar-refractivity contribution in [1.29, 1.82) is 0 Å². The number of ether oxygens (including phenoxy) is 1. The molecule has 3 aromatic carbocycles. The van der Waals surface area contributed by atoms with Crippen molar-refractivity contribution in [2.75, 3.05) is 0 Å². The molecular formula is C23H19FN2O3. The van der Waals surface area contributed by atoms with Gasteiger partial charge in [-0.2, -0.15) is 0 Å². The zero-order valence-corrected chi connectivity index (χ0v) is 15.5. The van der Waals surface area contributed by atoms with E-state index in [0.717, 1.165) is 11.1 Å². The van der Waals surface area contributed by atoms with E-state index < -0.39 is 5.97 Å². The minimum atomic E-state index is -0.629. The molecule has 146 valence electrons. The van der Waals surface area contributed by atoms with E-state index in [0.29, 0.717) is 17.9 Å². The van der Waals surface area contributed by atoms with Gasteiger partial charge in [0.15, 0.2) is 5.84 Å². The van der Waals surface area contributed by atoms with Crippen molar-refractivity contribution in [3.05, 3.63) is 107 Å². The van der Waals surface area contributed by atoms with Gasteiger partial charge in [0.2, 0.25) is 0 Å². The normalized spacial score (nSPS) is 11.4. The Balaban J connectivity index is 1.52. The maximum absolute atomic E-state index is 12.9. The van der Waals surface area contributed by atoms with Gasteiger partial charge < -0.3 is 15.3 Å². The first-order valence-corrected chi connectivity index (χ1v) is 8.85. The lowest BCUT2D eigenvalue weighted by atomic mass is 10.2. The number of hydrogen-bond acceptors (Lipinski definition) is 4. The van der Waals surface area contributed by atoms with Crippen molar-refractivity contribution in [1.82, 2.24) is 0 Å². The molecule has 3 aromatic rings. The van der Waals surface area contributed by atoms with Gasteiger partial charge in [-0.1, -0.05) is 47.6 Å². The molecule has 0 amide bonds. The topological polar surface area (TPSA) is 73.9 Å². The molecule has 0 saturated heterocycles. The average Bonchev–Trinajstić information content (AvgIpc) is 2.76. The van der Waals surface area contributed by atoms with Crippen LogP contribution in [0.15, 0.2) is 90.1 Å². The molecule has 0 atom stereocenters. The molecule has 0 radical (unpaired) electrons. The van der Waals surface area contributed by atoms with E-state index in [1.807, 2.05) is 30.3 Å². The van der Waals surface area contributed by atoms with Gasteiger partial charge in [-0.15, -0.1) is 0 Å². The van der Waals surface area contributed by atoms with E-state index >= 15 is 0 Å². The molecule has 0 saturated carbocycles. The van der Waals surface area contributed by atoms with Crippen molar-refractivity contribution in [2.45, 2.75) is 6.61 Å². The number of amidine groups is 1. The van der Waals surface area contributed by atoms with Crippen LogP contribution in [-0.4, -0.2) is 11.8 Å². The van der Waals surface area contributed by atoms with Gasteiger partial charge in [0.1, 0.15) is 18.2 Å². The van der Waals surface area contributed by atoms with Gasteiger partial charge in [0.05, 0.1) is 0 Å². The number of carbonyl (C=O) groups excluding carboxylic acids is 1. The highest BCUT2D eigenvalue weighted by molar-refractivity contribution is 5.98. The van der Waals surface area contributed by atoms with Crippen molar-refractivity contribution in [3.63, 3.8) is 0 Å². The second-order valence-corrected chi connectivity index (χ2v) is 6.07. The van der Waals surface area contributed by atoms with Gasteiger partial charge in [-0.25, -0.2) is 9.18 Å². The molecule has 0 aliphatic rings. The van der Waals surface area contributed by atoms with Crippen molar-refractivity contribution in [2.24, 2.45) is 10.9 Å². The van der Waals surface area contributed by atoms with Crippen LogP contribution in [-0.2, 0) is 16.2 Å². The molecule has 0 aliphatic heterocycles. The Morgan fingerprint density at radius 3 is 2.34 bits per heavy atom. The molecule has 0 fully saturated rings. The van der Waals surface area contributed by atoms with Gasteiger partial charge in [0.25, 0.3) is 0 Å². The number of nitrogens with two attached hydrogens (primary N) is 1. The molecule has 0 aromatic heterocycles. The Morgan fingerprint density at radius 1 is 0.966 bits per heavy atom. The highest BCUT2D eigenvalue weighted by Gasteiger charge is 2.03. The van der Waals surface area contributed by atoms with Gasteiger partial charge in [-0.05, 0) is 53.6 Å². The SMILES string of the molecule is N/C(=N/OC(=O)/C=C/c1ccccc1)c1ccc(OCc2ccc(F)cc2)cc1. The average molecular weight is 390 g/mol. The van der Waals surface area contributed by atoms with Crippen LogP contribution in [0.3, 0.4) is 0 Å². The summed E-state index contributed by atoms with van der Waals surface area (Å²) in [5.74, 6) is -0.231. The number of rotatable bonds is 7. The molecule has 29 heavy (non-hydrogen) atoms. The minimum absolute atomic E-state index is 0.0662. The molecule has 0 heterocycles. The summed E-state index contributed by atoms with van der Waals surface area (Å²) in [5, 5.41) is 3.66. The first-order valence-electron chi connectivity index (χ1n) is 8.85. The Kier molecular flexibility index (Phi) is 6.73. The van der Waals surface area contributed by atoms with Gasteiger partial charge in [-0.3, -0.25) is 0 Å². The van der Waals surface area contributed by atoms with Crippen LogP contribution in [0.1, 0.15) is 16.7 Å². The standard InChI is InChI=1S/C23H19FN2O3/c24-20-11-6-18(7-12-20)16-28-21-13-9-19(10-14-21)23(25)26-29-22(27)15-8-17-4-2-1-3-5-17/h1-15H,16H2,(H2,25,26)/b15-8+. The van der Waals surface area contributed by atoms with E-state index in [1.54, 1.807) is 42.5 Å². The first-order chi connectivity index (χ1) is 14.1. The minimum Gasteiger partial charge on any atom is -0.489 e. The lowest BCUT2D eigenvalue weighted by Crippen LogP contribution is -2.14. The van der Waals surface area contributed by atoms with Gasteiger partial charge in [0, 0.05) is 11.6 Å². The predicted molar refractivity (Wildman–Crippen MR) is 109 cm³/mol. The molecule has 5 nitrogen and oxygen atoms in total. The number of halogens is 1. The monoisotopic (exact) mass is 390 g/mol. The molecule has 0 spiro atoms. The first kappa shape index (κ1) is 19.8. The highest BCUT2D eigenvalue weighted by atomic mass is 19.1. The smallest absolute Gasteiger partial charge is 0.358 e. The van der Waals surface area contributed by atoms with E-state index in [1.165, 1.54) is 18.2 Å². The number of benzene rings is 3. The van der Waals surface area contributed by atoms with E-state index in [9.17, 15) is 9.18 Å². The van der Waals surface area contributed by atoms with Crippen LogP contribution >= 0.6 is 0 Å². The Hall–Kier alpha value is -3.93. The Bertz CT molecular complexity index is 999. The van der Waals surface area contributed by atoms with Crippen LogP contribution in [0, 0.1) is 5.82 Å². The summed E-state index contributed by atoms with van der Waals surface area (Å²) in [6.45, 7) is 0.314. The Labute approximate surface area is 167 Å². The molecule has 3 rings (SSSR count). The fraction of sp³-hybridized carbons (Fsp3) is 0.0435. The third kappa shape index (κ3) is 6.32. The highest BCUT2D eigenvalue weighted by Crippen LogP contribution is 2.14. The summed E-state index contributed by atoms with van der Waals surface area (Å²) in [5.41, 5.74) is 8.16. The quantitative estimate of drug-likeness (QED) is 0.215. The number of oxime groups is 1. The van der Waals surface area contributed by atoms with Crippen molar-refractivity contribution in [3.8, 4) is 5.75 Å². The van der Waals surface area contributed by atoms with Crippen LogP contribution in [0.4, 0.5) is 4.39 Å². The maximum atomic E-state index is 12.9. The summed E-state index contributed by atoms with van der Waals surface area (Å²) in [7, 11) is 0. The number of carbonyl (C=O) groups is 1. The molecule has 2 N–H and O–H groups in total. The summed E-state index contributed by atoms with van der Waals surface area (Å²) >= 11 is 0. The lowest BCUT2D eigenvalue weighted by molar-refractivity contribution is -0.137. The molecule has 0 aliphatic carbocycles. The van der Waals surface area contributed by atoms with E-state index in [2.05, 4.69) is 5.16 Å². The maximum Gasteiger partial charge on any atom is 0.358 e. The zero-order chi connectivity index (χ0) is 20.5. The summed E-state index contributed by atoms with van der Waals surface area (Å²) in [6, 6.07) is 22.3. The van der Waals surface area contributed by atoms with Crippen molar-refractivity contribution < 1.29 is 18.8 Å². The Morgan fingerprint density at radius 2 is 1.66 bits per heavy atom. The number of nitrogens with zero attached hydrogens (tertiary/aromatic N) is 1. The third-order valence-corrected chi connectivity index (χ3v) is 3.91. The fourth-order valence-corrected chi connectivity index (χ4v) is 2.37. The molecule has 0 unspecified atom stereocenters. The lowest BCUT2D eigenvalue weighted by Gasteiger charge is -2.07. The molecule has 0 bridgehead atoms. The summed E-state index contributed by atoms with van der Waals surface area (Å²) in [4.78, 5) is 16.5. The van der Waals surface area contributed by atoms with Gasteiger partial charge >= 0.3 is 5.97 Å².